The molecule has 0 radical (unpaired) electrons. The van der Waals surface area contributed by atoms with Crippen LogP contribution < -0.4 is 4.90 Å². The Bertz CT molecular complexity index is 933. The molecule has 1 saturated heterocycles. The van der Waals surface area contributed by atoms with Crippen LogP contribution in [0.3, 0.4) is 0 Å². The zero-order valence-electron chi connectivity index (χ0n) is 14.5. The van der Waals surface area contributed by atoms with E-state index in [-0.39, 0.29) is 11.9 Å². The molecule has 0 saturated carbocycles. The first-order chi connectivity index (χ1) is 12.6. The van der Waals surface area contributed by atoms with Crippen molar-refractivity contribution in [2.24, 2.45) is 0 Å². The fourth-order valence-electron chi connectivity index (χ4n) is 3.69. The van der Waals surface area contributed by atoms with Crippen LogP contribution in [-0.2, 0) is 6.42 Å². The highest BCUT2D eigenvalue weighted by Crippen LogP contribution is 2.36. The van der Waals surface area contributed by atoms with Crippen molar-refractivity contribution in [1.29, 1.82) is 0 Å². The van der Waals surface area contributed by atoms with Gasteiger partial charge in [0, 0.05) is 12.0 Å². The Morgan fingerprint density at radius 2 is 2.00 bits per heavy atom. The number of aryl methyl sites for hydroxylation is 1. The highest BCUT2D eigenvalue weighted by Gasteiger charge is 2.34. The molecule has 0 bridgehead atoms. The number of piperidine rings is 1. The maximum atomic E-state index is 10.9. The van der Waals surface area contributed by atoms with Crippen molar-refractivity contribution in [3.05, 3.63) is 44.5 Å². The summed E-state index contributed by atoms with van der Waals surface area (Å²) in [5.41, 5.74) is 1.06. The number of thiazole rings is 1. The van der Waals surface area contributed by atoms with E-state index in [1.165, 1.54) is 35.5 Å². The van der Waals surface area contributed by atoms with Crippen molar-refractivity contribution in [3.63, 3.8) is 0 Å². The Balaban J connectivity index is 1.83. The van der Waals surface area contributed by atoms with Gasteiger partial charge in [-0.3, -0.25) is 0 Å². The first-order valence-electron chi connectivity index (χ1n) is 8.95. The Morgan fingerprint density at radius 1 is 1.23 bits per heavy atom. The summed E-state index contributed by atoms with van der Waals surface area (Å²) in [5.74, 6) is 0.931. The molecule has 26 heavy (non-hydrogen) atoms. The second kappa shape index (κ2) is 7.35. The SMILES string of the molecule is CCc1nc2sc([C@@H](c3ccc(Cl)c(Cl)c3)[NH+]3CCCCC3)c(O)n2n1. The van der Waals surface area contributed by atoms with Crippen molar-refractivity contribution in [2.45, 2.75) is 38.6 Å². The number of rotatable bonds is 4. The summed E-state index contributed by atoms with van der Waals surface area (Å²) in [6.45, 7) is 4.14. The number of fused-ring (bicyclic) bond motifs is 1. The van der Waals surface area contributed by atoms with Crippen molar-refractivity contribution in [2.75, 3.05) is 13.1 Å². The van der Waals surface area contributed by atoms with E-state index in [0.29, 0.717) is 10.0 Å². The number of aromatic nitrogens is 3. The zero-order chi connectivity index (χ0) is 18.3. The molecule has 1 aliphatic rings. The molecule has 0 unspecified atom stereocenters. The van der Waals surface area contributed by atoms with Gasteiger partial charge in [-0.05, 0) is 31.4 Å². The van der Waals surface area contributed by atoms with Crippen LogP contribution in [0, 0.1) is 0 Å². The molecule has 3 aromatic rings. The lowest BCUT2D eigenvalue weighted by Gasteiger charge is -2.31. The number of benzene rings is 1. The summed E-state index contributed by atoms with van der Waals surface area (Å²) < 4.78 is 1.56. The Morgan fingerprint density at radius 3 is 2.65 bits per heavy atom. The average molecular weight is 412 g/mol. The van der Waals surface area contributed by atoms with Crippen LogP contribution in [0.15, 0.2) is 18.2 Å². The third-order valence-corrected chi connectivity index (χ3v) is 6.83. The van der Waals surface area contributed by atoms with Crippen LogP contribution in [0.4, 0.5) is 0 Å². The molecule has 0 aliphatic carbocycles. The standard InChI is InChI=1S/C18H20Cl2N4OS/c1-2-14-21-18-24(22-14)17(25)16(26-18)15(23-8-4-3-5-9-23)11-6-7-12(19)13(20)10-11/h6-7,10,15,25H,2-5,8-9H2,1H3/p+1/t15-/m1/s1. The smallest absolute Gasteiger partial charge is 0.235 e. The Labute approximate surface area is 166 Å². The normalized spacial score (nSPS) is 17.0. The predicted molar refractivity (Wildman–Crippen MR) is 105 cm³/mol. The number of hydrogen-bond acceptors (Lipinski definition) is 4. The summed E-state index contributed by atoms with van der Waals surface area (Å²) in [6.07, 6.45) is 4.39. The van der Waals surface area contributed by atoms with Crippen LogP contribution in [-0.4, -0.2) is 32.8 Å². The van der Waals surface area contributed by atoms with E-state index in [9.17, 15) is 5.11 Å². The van der Waals surface area contributed by atoms with Gasteiger partial charge >= 0.3 is 0 Å². The van der Waals surface area contributed by atoms with Gasteiger partial charge in [0.15, 0.2) is 11.9 Å². The lowest BCUT2D eigenvalue weighted by Crippen LogP contribution is -3.13. The summed E-state index contributed by atoms with van der Waals surface area (Å²) in [5, 5.41) is 16.4. The molecule has 4 rings (SSSR count). The van der Waals surface area contributed by atoms with E-state index >= 15 is 0 Å². The van der Waals surface area contributed by atoms with Crippen LogP contribution in [0.25, 0.3) is 4.96 Å². The fraction of sp³-hybridized carbons (Fsp3) is 0.444. The van der Waals surface area contributed by atoms with Gasteiger partial charge in [0.25, 0.3) is 0 Å². The maximum Gasteiger partial charge on any atom is 0.235 e. The van der Waals surface area contributed by atoms with Crippen molar-refractivity contribution in [3.8, 4) is 5.88 Å². The molecule has 1 aromatic carbocycles. The number of likely N-dealkylation sites (tertiary alicyclic amines) is 1. The van der Waals surface area contributed by atoms with Gasteiger partial charge in [0.05, 0.1) is 23.1 Å². The molecule has 1 atom stereocenters. The Hall–Kier alpha value is -1.34. The number of nitrogens with one attached hydrogen (secondary N) is 1. The summed E-state index contributed by atoms with van der Waals surface area (Å²) in [7, 11) is 0. The van der Waals surface area contributed by atoms with Gasteiger partial charge < -0.3 is 10.0 Å². The number of halogens is 2. The highest BCUT2D eigenvalue weighted by molar-refractivity contribution is 7.17. The minimum absolute atomic E-state index is 0.00337. The van der Waals surface area contributed by atoms with E-state index < -0.39 is 0 Å². The van der Waals surface area contributed by atoms with E-state index in [0.717, 1.165) is 40.7 Å². The second-order valence-electron chi connectivity index (χ2n) is 6.69. The third-order valence-electron chi connectivity index (χ3n) is 5.00. The van der Waals surface area contributed by atoms with Crippen LogP contribution in [0.1, 0.15) is 48.5 Å². The fourth-order valence-corrected chi connectivity index (χ4v) is 5.15. The minimum Gasteiger partial charge on any atom is -0.492 e. The van der Waals surface area contributed by atoms with E-state index in [1.54, 1.807) is 4.52 Å². The van der Waals surface area contributed by atoms with Crippen LogP contribution >= 0.6 is 34.5 Å². The van der Waals surface area contributed by atoms with Crippen molar-refractivity contribution < 1.29 is 10.0 Å². The van der Waals surface area contributed by atoms with Gasteiger partial charge in [-0.2, -0.15) is 4.52 Å². The van der Waals surface area contributed by atoms with Crippen molar-refractivity contribution >= 4 is 39.5 Å². The quantitative estimate of drug-likeness (QED) is 0.690. The number of hydrogen-bond donors (Lipinski definition) is 2. The first-order valence-corrected chi connectivity index (χ1v) is 10.5. The lowest BCUT2D eigenvalue weighted by atomic mass is 10.0. The van der Waals surface area contributed by atoms with Gasteiger partial charge in [-0.25, -0.2) is 4.98 Å². The lowest BCUT2D eigenvalue weighted by molar-refractivity contribution is -0.929. The van der Waals surface area contributed by atoms with Gasteiger partial charge in [-0.1, -0.05) is 47.5 Å². The molecule has 0 spiro atoms. The molecular formula is C18H21Cl2N4OS+. The van der Waals surface area contributed by atoms with Crippen LogP contribution in [0.2, 0.25) is 10.0 Å². The monoisotopic (exact) mass is 411 g/mol. The number of nitrogens with zero attached hydrogens (tertiary/aromatic N) is 3. The molecule has 5 nitrogen and oxygen atoms in total. The van der Waals surface area contributed by atoms with Gasteiger partial charge in [0.2, 0.25) is 10.8 Å². The second-order valence-corrected chi connectivity index (χ2v) is 8.51. The average Bonchev–Trinajstić information content (AvgIpc) is 3.19. The van der Waals surface area contributed by atoms with Crippen molar-refractivity contribution in [1.82, 2.24) is 14.6 Å². The van der Waals surface area contributed by atoms with E-state index in [4.69, 9.17) is 23.2 Å². The molecule has 3 heterocycles. The maximum absolute atomic E-state index is 10.9. The molecule has 138 valence electrons. The molecule has 1 aliphatic heterocycles. The molecule has 2 N–H and O–H groups in total. The minimum atomic E-state index is 0.00337. The van der Waals surface area contributed by atoms with Gasteiger partial charge in [0.1, 0.15) is 4.88 Å². The van der Waals surface area contributed by atoms with E-state index in [2.05, 4.69) is 10.1 Å². The summed E-state index contributed by atoms with van der Waals surface area (Å²) in [4.78, 5) is 7.57. The molecule has 0 amide bonds. The molecular weight excluding hydrogens is 391 g/mol. The predicted octanol–water partition coefficient (Wildman–Crippen LogP) is 3.52. The topological polar surface area (TPSA) is 54.9 Å². The molecule has 2 aromatic heterocycles. The van der Waals surface area contributed by atoms with Crippen LogP contribution in [0.5, 0.6) is 5.88 Å². The largest absolute Gasteiger partial charge is 0.492 e. The van der Waals surface area contributed by atoms with E-state index in [1.807, 2.05) is 25.1 Å². The first kappa shape index (κ1) is 18.0. The Kier molecular flexibility index (Phi) is 5.10. The third kappa shape index (κ3) is 3.20. The molecule has 8 heteroatoms. The zero-order valence-corrected chi connectivity index (χ0v) is 16.8. The number of aromatic hydroxyl groups is 1. The van der Waals surface area contributed by atoms with Gasteiger partial charge in [-0.15, -0.1) is 5.10 Å². The summed E-state index contributed by atoms with van der Waals surface area (Å²) >= 11 is 13.9. The highest BCUT2D eigenvalue weighted by atomic mass is 35.5. The summed E-state index contributed by atoms with van der Waals surface area (Å²) in [6, 6.07) is 5.76. The number of quaternary nitrogens is 1. The molecule has 1 fully saturated rings.